The summed E-state index contributed by atoms with van der Waals surface area (Å²) in [6, 6.07) is 0.762. The van der Waals surface area contributed by atoms with E-state index in [-0.39, 0.29) is 42.2 Å². The molecule has 0 spiro atoms. The Kier molecular flexibility index (Phi) is 5.76. The Balaban J connectivity index is 1.87. The van der Waals surface area contributed by atoms with Crippen LogP contribution in [0.1, 0.15) is 18.9 Å². The van der Waals surface area contributed by atoms with Crippen molar-refractivity contribution in [3.05, 3.63) is 22.8 Å². The Hall–Kier alpha value is -2.03. The summed E-state index contributed by atoms with van der Waals surface area (Å²) in [6.07, 6.45) is -3.81. The average Bonchev–Trinajstić information content (AvgIpc) is 2.90. The molecule has 1 amide bonds. The topological polar surface area (TPSA) is 82.5 Å². The minimum Gasteiger partial charge on any atom is -0.481 e. The molecular weight excluding hydrogens is 363 g/mol. The fourth-order valence-corrected chi connectivity index (χ4v) is 2.89. The number of nitrogens with one attached hydrogen (secondary N) is 1. The van der Waals surface area contributed by atoms with Crippen LogP contribution in [0.3, 0.4) is 0 Å². The summed E-state index contributed by atoms with van der Waals surface area (Å²) in [7, 11) is 0. The molecule has 2 rings (SSSR count). The molecular formula is C15H17ClF3N3O3. The standard InChI is InChI=1S/C15H17ClF3N3O3/c1-8-6-22(7-10(8)14(24)25)12(23)2-3-20-13-11(16)4-9(5-21-13)15(17,18)19/h4-5,8,10H,2-3,6-7H2,1H3,(H,20,21)(H,24,25)/t8-,10-/m1/s1. The quantitative estimate of drug-likeness (QED) is 0.822. The highest BCUT2D eigenvalue weighted by Gasteiger charge is 2.36. The third-order valence-corrected chi connectivity index (χ3v) is 4.37. The van der Waals surface area contributed by atoms with Gasteiger partial charge in [-0.15, -0.1) is 0 Å². The van der Waals surface area contributed by atoms with Gasteiger partial charge in [-0.1, -0.05) is 18.5 Å². The lowest BCUT2D eigenvalue weighted by Gasteiger charge is -2.16. The first kappa shape index (κ1) is 19.3. The molecule has 1 fully saturated rings. The van der Waals surface area contributed by atoms with Gasteiger partial charge in [-0.3, -0.25) is 9.59 Å². The minimum absolute atomic E-state index is 0.0537. The molecule has 0 radical (unpaired) electrons. The normalized spacial score (nSPS) is 20.6. The van der Waals surface area contributed by atoms with E-state index in [1.165, 1.54) is 4.90 Å². The monoisotopic (exact) mass is 379 g/mol. The van der Waals surface area contributed by atoms with Gasteiger partial charge in [-0.05, 0) is 12.0 Å². The molecule has 25 heavy (non-hydrogen) atoms. The number of anilines is 1. The molecule has 10 heteroatoms. The average molecular weight is 380 g/mol. The summed E-state index contributed by atoms with van der Waals surface area (Å²) in [5.41, 5.74) is -0.954. The third-order valence-electron chi connectivity index (χ3n) is 4.08. The van der Waals surface area contributed by atoms with Crippen LogP contribution < -0.4 is 5.32 Å². The summed E-state index contributed by atoms with van der Waals surface area (Å²) in [4.78, 5) is 28.3. The highest BCUT2D eigenvalue weighted by Crippen LogP contribution is 2.32. The van der Waals surface area contributed by atoms with Gasteiger partial charge in [0.05, 0.1) is 16.5 Å². The molecule has 1 aromatic heterocycles. The second-order valence-corrected chi connectivity index (χ2v) is 6.36. The number of aromatic nitrogens is 1. The molecule has 0 unspecified atom stereocenters. The van der Waals surface area contributed by atoms with E-state index in [9.17, 15) is 22.8 Å². The Morgan fingerprint density at radius 2 is 2.12 bits per heavy atom. The number of halogens is 4. The van der Waals surface area contributed by atoms with Crippen molar-refractivity contribution in [1.29, 1.82) is 0 Å². The third kappa shape index (κ3) is 4.75. The zero-order valence-electron chi connectivity index (χ0n) is 13.3. The summed E-state index contributed by atoms with van der Waals surface area (Å²) in [5.74, 6) is -1.81. The van der Waals surface area contributed by atoms with Gasteiger partial charge in [0, 0.05) is 32.3 Å². The first-order valence-corrected chi connectivity index (χ1v) is 7.94. The van der Waals surface area contributed by atoms with Crippen molar-refractivity contribution in [1.82, 2.24) is 9.88 Å². The Bertz CT molecular complexity index is 669. The van der Waals surface area contributed by atoms with Gasteiger partial charge < -0.3 is 15.3 Å². The van der Waals surface area contributed by atoms with Crippen molar-refractivity contribution in [2.24, 2.45) is 11.8 Å². The number of nitrogens with zero attached hydrogens (tertiary/aromatic N) is 2. The number of alkyl halides is 3. The van der Waals surface area contributed by atoms with E-state index >= 15 is 0 Å². The number of hydrogen-bond acceptors (Lipinski definition) is 4. The number of pyridine rings is 1. The lowest BCUT2D eigenvalue weighted by Crippen LogP contribution is -2.31. The van der Waals surface area contributed by atoms with Crippen LogP contribution in [0.2, 0.25) is 5.02 Å². The molecule has 2 heterocycles. The Morgan fingerprint density at radius 1 is 1.44 bits per heavy atom. The summed E-state index contributed by atoms with van der Waals surface area (Å²) >= 11 is 5.77. The maximum Gasteiger partial charge on any atom is 0.417 e. The van der Waals surface area contributed by atoms with Gasteiger partial charge in [0.25, 0.3) is 0 Å². The van der Waals surface area contributed by atoms with Crippen molar-refractivity contribution in [2.75, 3.05) is 25.0 Å². The SMILES string of the molecule is C[C@@H]1CN(C(=O)CCNc2ncc(C(F)(F)F)cc2Cl)C[C@H]1C(=O)O. The smallest absolute Gasteiger partial charge is 0.417 e. The summed E-state index contributed by atoms with van der Waals surface area (Å²) in [6.45, 7) is 2.43. The summed E-state index contributed by atoms with van der Waals surface area (Å²) < 4.78 is 37.6. The van der Waals surface area contributed by atoms with E-state index in [2.05, 4.69) is 10.3 Å². The van der Waals surface area contributed by atoms with E-state index in [1.54, 1.807) is 6.92 Å². The first-order valence-electron chi connectivity index (χ1n) is 7.56. The van der Waals surface area contributed by atoms with Crippen LogP contribution in [0.4, 0.5) is 19.0 Å². The van der Waals surface area contributed by atoms with Crippen LogP contribution >= 0.6 is 11.6 Å². The lowest BCUT2D eigenvalue weighted by molar-refractivity contribution is -0.142. The van der Waals surface area contributed by atoms with Crippen molar-refractivity contribution in [2.45, 2.75) is 19.5 Å². The zero-order chi connectivity index (χ0) is 18.8. The van der Waals surface area contributed by atoms with Crippen molar-refractivity contribution in [3.8, 4) is 0 Å². The van der Waals surface area contributed by atoms with Gasteiger partial charge in [0.1, 0.15) is 5.82 Å². The fourth-order valence-electron chi connectivity index (χ4n) is 2.66. The molecule has 6 nitrogen and oxygen atoms in total. The Labute approximate surface area is 147 Å². The van der Waals surface area contributed by atoms with Gasteiger partial charge >= 0.3 is 12.1 Å². The summed E-state index contributed by atoms with van der Waals surface area (Å²) in [5, 5.41) is 11.6. The zero-order valence-corrected chi connectivity index (χ0v) is 14.1. The molecule has 0 bridgehead atoms. The molecule has 0 aliphatic carbocycles. The number of carboxylic acids is 1. The van der Waals surface area contributed by atoms with Crippen LogP contribution in [0.25, 0.3) is 0 Å². The van der Waals surface area contributed by atoms with Gasteiger partial charge in [0.15, 0.2) is 0 Å². The molecule has 1 aromatic rings. The van der Waals surface area contributed by atoms with E-state index in [4.69, 9.17) is 16.7 Å². The molecule has 138 valence electrons. The van der Waals surface area contributed by atoms with E-state index in [0.29, 0.717) is 12.7 Å². The van der Waals surface area contributed by atoms with Gasteiger partial charge in [-0.2, -0.15) is 13.2 Å². The van der Waals surface area contributed by atoms with Crippen molar-refractivity contribution >= 4 is 29.3 Å². The highest BCUT2D eigenvalue weighted by molar-refractivity contribution is 6.32. The predicted octanol–water partition coefficient (Wildman–Crippen LogP) is 2.73. The first-order chi connectivity index (χ1) is 11.6. The van der Waals surface area contributed by atoms with Gasteiger partial charge in [0.2, 0.25) is 5.91 Å². The number of carboxylic acid groups (broad SMARTS) is 1. The molecule has 1 aliphatic rings. The molecule has 1 saturated heterocycles. The second kappa shape index (κ2) is 7.47. The number of amides is 1. The molecule has 2 atom stereocenters. The number of aliphatic carboxylic acids is 1. The predicted molar refractivity (Wildman–Crippen MR) is 84.2 cm³/mol. The van der Waals surface area contributed by atoms with Crippen LogP contribution in [0.5, 0.6) is 0 Å². The van der Waals surface area contributed by atoms with Crippen LogP contribution in [0, 0.1) is 11.8 Å². The maximum absolute atomic E-state index is 12.5. The largest absolute Gasteiger partial charge is 0.481 e. The molecule has 0 aromatic carbocycles. The number of rotatable bonds is 5. The highest BCUT2D eigenvalue weighted by atomic mass is 35.5. The van der Waals surface area contributed by atoms with Crippen molar-refractivity contribution < 1.29 is 27.9 Å². The minimum atomic E-state index is -4.53. The number of hydrogen-bond donors (Lipinski definition) is 2. The second-order valence-electron chi connectivity index (χ2n) is 5.95. The van der Waals surface area contributed by atoms with Crippen molar-refractivity contribution in [3.63, 3.8) is 0 Å². The van der Waals surface area contributed by atoms with Crippen LogP contribution in [0.15, 0.2) is 12.3 Å². The lowest BCUT2D eigenvalue weighted by atomic mass is 9.99. The van der Waals surface area contributed by atoms with E-state index < -0.39 is 23.6 Å². The fraction of sp³-hybridized carbons (Fsp3) is 0.533. The van der Waals surface area contributed by atoms with Gasteiger partial charge in [-0.25, -0.2) is 4.98 Å². The number of carbonyl (C=O) groups is 2. The number of likely N-dealkylation sites (tertiary alicyclic amines) is 1. The molecule has 1 aliphatic heterocycles. The Morgan fingerprint density at radius 3 is 2.64 bits per heavy atom. The number of carbonyl (C=O) groups excluding carboxylic acids is 1. The maximum atomic E-state index is 12.5. The molecule has 2 N–H and O–H groups in total. The van der Waals surface area contributed by atoms with Crippen LogP contribution in [-0.2, 0) is 15.8 Å². The van der Waals surface area contributed by atoms with E-state index in [1.807, 2.05) is 0 Å². The van der Waals surface area contributed by atoms with E-state index in [0.717, 1.165) is 6.07 Å². The van der Waals surface area contributed by atoms with Crippen LogP contribution in [-0.4, -0.2) is 46.5 Å². The molecule has 0 saturated carbocycles.